The average Bonchev–Trinajstić information content (AvgIpc) is 2.97. The predicted octanol–water partition coefficient (Wildman–Crippen LogP) is 2.43. The highest BCUT2D eigenvalue weighted by molar-refractivity contribution is 7.89. The second-order valence-electron chi connectivity index (χ2n) is 5.00. The molecule has 1 aromatic heterocycles. The largest absolute Gasteiger partial charge is 0.228 e. The zero-order valence-corrected chi connectivity index (χ0v) is 13.6. The molecule has 0 saturated carbocycles. The van der Waals surface area contributed by atoms with Crippen LogP contribution in [0.4, 0.5) is 0 Å². The molecule has 3 aromatic rings. The van der Waals surface area contributed by atoms with E-state index in [4.69, 9.17) is 11.6 Å². The van der Waals surface area contributed by atoms with Gasteiger partial charge in [-0.2, -0.15) is 4.68 Å². The standard InChI is InChI=1S/C15H13ClN4O2S/c16-13-8-6-12(7-9-13)10-23(21,22)11-15-17-18-19-20(15)14-4-2-1-3-5-14/h1-9H,10-11H2. The molecule has 0 aliphatic carbocycles. The summed E-state index contributed by atoms with van der Waals surface area (Å²) in [5, 5.41) is 11.8. The highest BCUT2D eigenvalue weighted by Gasteiger charge is 2.19. The Morgan fingerprint density at radius 3 is 2.35 bits per heavy atom. The van der Waals surface area contributed by atoms with Gasteiger partial charge in [-0.3, -0.25) is 0 Å². The summed E-state index contributed by atoms with van der Waals surface area (Å²) in [7, 11) is -3.41. The first kappa shape index (κ1) is 15.6. The average molecular weight is 349 g/mol. The maximum Gasteiger partial charge on any atom is 0.171 e. The summed E-state index contributed by atoms with van der Waals surface area (Å²) in [4.78, 5) is 0. The van der Waals surface area contributed by atoms with Gasteiger partial charge in [0.1, 0.15) is 5.75 Å². The van der Waals surface area contributed by atoms with Crippen molar-refractivity contribution in [3.63, 3.8) is 0 Å². The number of rotatable bonds is 5. The Bertz CT molecular complexity index is 893. The van der Waals surface area contributed by atoms with Gasteiger partial charge in [0.25, 0.3) is 0 Å². The molecule has 1 heterocycles. The van der Waals surface area contributed by atoms with E-state index >= 15 is 0 Å². The number of halogens is 1. The summed E-state index contributed by atoms with van der Waals surface area (Å²) in [5.74, 6) is -0.0475. The third-order valence-electron chi connectivity index (χ3n) is 3.18. The van der Waals surface area contributed by atoms with E-state index in [-0.39, 0.29) is 17.3 Å². The normalized spacial score (nSPS) is 11.5. The molecule has 0 bridgehead atoms. The first-order valence-electron chi connectivity index (χ1n) is 6.81. The number of aromatic nitrogens is 4. The van der Waals surface area contributed by atoms with Gasteiger partial charge in [-0.05, 0) is 40.3 Å². The summed E-state index contributed by atoms with van der Waals surface area (Å²) < 4.78 is 26.2. The predicted molar refractivity (Wildman–Crippen MR) is 86.9 cm³/mol. The van der Waals surface area contributed by atoms with Gasteiger partial charge in [-0.25, -0.2) is 8.42 Å². The smallest absolute Gasteiger partial charge is 0.171 e. The topological polar surface area (TPSA) is 77.7 Å². The van der Waals surface area contributed by atoms with Gasteiger partial charge in [0.05, 0.1) is 11.4 Å². The van der Waals surface area contributed by atoms with E-state index in [0.29, 0.717) is 16.3 Å². The van der Waals surface area contributed by atoms with Crippen molar-refractivity contribution in [2.45, 2.75) is 11.5 Å². The molecule has 0 radical (unpaired) electrons. The van der Waals surface area contributed by atoms with E-state index in [1.54, 1.807) is 24.3 Å². The van der Waals surface area contributed by atoms with Crippen LogP contribution in [0.25, 0.3) is 5.69 Å². The minimum atomic E-state index is -3.41. The van der Waals surface area contributed by atoms with E-state index < -0.39 is 9.84 Å². The van der Waals surface area contributed by atoms with E-state index in [9.17, 15) is 8.42 Å². The van der Waals surface area contributed by atoms with Crippen LogP contribution in [0.15, 0.2) is 54.6 Å². The fourth-order valence-corrected chi connectivity index (χ4v) is 3.65. The van der Waals surface area contributed by atoms with Gasteiger partial charge >= 0.3 is 0 Å². The summed E-state index contributed by atoms with van der Waals surface area (Å²) in [6.45, 7) is 0. The zero-order chi connectivity index (χ0) is 16.3. The van der Waals surface area contributed by atoms with E-state index in [0.717, 1.165) is 0 Å². The number of para-hydroxylation sites is 1. The second-order valence-corrected chi connectivity index (χ2v) is 7.50. The van der Waals surface area contributed by atoms with Crippen LogP contribution >= 0.6 is 11.6 Å². The third-order valence-corrected chi connectivity index (χ3v) is 4.91. The maximum absolute atomic E-state index is 12.4. The number of hydrogen-bond acceptors (Lipinski definition) is 5. The number of nitrogens with zero attached hydrogens (tertiary/aromatic N) is 4. The molecule has 0 N–H and O–H groups in total. The minimum Gasteiger partial charge on any atom is -0.228 e. The minimum absolute atomic E-state index is 0.0914. The van der Waals surface area contributed by atoms with Crippen molar-refractivity contribution in [1.82, 2.24) is 20.2 Å². The Labute approximate surface area is 138 Å². The van der Waals surface area contributed by atoms with Gasteiger partial charge in [-0.15, -0.1) is 5.10 Å². The van der Waals surface area contributed by atoms with Crippen molar-refractivity contribution >= 4 is 21.4 Å². The quantitative estimate of drug-likeness (QED) is 0.707. The third kappa shape index (κ3) is 3.94. The van der Waals surface area contributed by atoms with Gasteiger partial charge < -0.3 is 0 Å². The Morgan fingerprint density at radius 2 is 1.65 bits per heavy atom. The first-order valence-corrected chi connectivity index (χ1v) is 9.01. The highest BCUT2D eigenvalue weighted by Crippen LogP contribution is 2.15. The molecule has 0 saturated heterocycles. The van der Waals surface area contributed by atoms with Gasteiger partial charge in [0, 0.05) is 5.02 Å². The van der Waals surface area contributed by atoms with Crippen LogP contribution in [0.2, 0.25) is 5.02 Å². The van der Waals surface area contributed by atoms with E-state index in [2.05, 4.69) is 15.5 Å². The molecule has 8 heteroatoms. The lowest BCUT2D eigenvalue weighted by Crippen LogP contribution is -2.12. The van der Waals surface area contributed by atoms with E-state index in [1.165, 1.54) is 4.68 Å². The second kappa shape index (κ2) is 6.47. The van der Waals surface area contributed by atoms with Crippen LogP contribution in [0.1, 0.15) is 11.4 Å². The molecule has 0 aliphatic heterocycles. The molecule has 3 rings (SSSR count). The molecule has 118 valence electrons. The zero-order valence-electron chi connectivity index (χ0n) is 12.0. The van der Waals surface area contributed by atoms with Crippen LogP contribution in [0, 0.1) is 0 Å². The molecule has 2 aromatic carbocycles. The number of benzene rings is 2. The lowest BCUT2D eigenvalue weighted by Gasteiger charge is -2.06. The van der Waals surface area contributed by atoms with Gasteiger partial charge in [0.15, 0.2) is 15.7 Å². The molecule has 0 atom stereocenters. The summed E-state index contributed by atoms with van der Waals surface area (Å²) in [5.41, 5.74) is 1.39. The van der Waals surface area contributed by atoms with Crippen LogP contribution < -0.4 is 0 Å². The number of hydrogen-bond donors (Lipinski definition) is 0. The van der Waals surface area contributed by atoms with Crippen molar-refractivity contribution in [2.24, 2.45) is 0 Å². The summed E-state index contributed by atoms with van der Waals surface area (Å²) in [6, 6.07) is 15.9. The Balaban J connectivity index is 1.82. The van der Waals surface area contributed by atoms with Crippen molar-refractivity contribution in [3.8, 4) is 5.69 Å². The van der Waals surface area contributed by atoms with Gasteiger partial charge in [0.2, 0.25) is 0 Å². The number of sulfone groups is 1. The van der Waals surface area contributed by atoms with E-state index in [1.807, 2.05) is 30.3 Å². The molecule has 0 spiro atoms. The SMILES string of the molecule is O=S(=O)(Cc1ccc(Cl)cc1)Cc1nnnn1-c1ccccc1. The van der Waals surface area contributed by atoms with Crippen molar-refractivity contribution < 1.29 is 8.42 Å². The van der Waals surface area contributed by atoms with Crippen LogP contribution in [-0.2, 0) is 21.3 Å². The fourth-order valence-electron chi connectivity index (χ4n) is 2.15. The highest BCUT2D eigenvalue weighted by atomic mass is 35.5. The Hall–Kier alpha value is -2.25. The lowest BCUT2D eigenvalue weighted by molar-refractivity contribution is 0.592. The molecule has 0 fully saturated rings. The summed E-state index contributed by atoms with van der Waals surface area (Å²) >= 11 is 5.81. The number of tetrazole rings is 1. The van der Waals surface area contributed by atoms with Crippen LogP contribution in [0.3, 0.4) is 0 Å². The van der Waals surface area contributed by atoms with Crippen molar-refractivity contribution in [1.29, 1.82) is 0 Å². The maximum atomic E-state index is 12.4. The van der Waals surface area contributed by atoms with Crippen LogP contribution in [0.5, 0.6) is 0 Å². The fraction of sp³-hybridized carbons (Fsp3) is 0.133. The van der Waals surface area contributed by atoms with Crippen molar-refractivity contribution in [2.75, 3.05) is 0 Å². The monoisotopic (exact) mass is 348 g/mol. The molecular weight excluding hydrogens is 336 g/mol. The Morgan fingerprint density at radius 1 is 0.957 bits per heavy atom. The Kier molecular flexibility index (Phi) is 4.40. The molecule has 0 amide bonds. The first-order chi connectivity index (χ1) is 11.0. The summed E-state index contributed by atoms with van der Waals surface area (Å²) in [6.07, 6.45) is 0. The lowest BCUT2D eigenvalue weighted by atomic mass is 10.2. The molecule has 6 nitrogen and oxygen atoms in total. The van der Waals surface area contributed by atoms with Crippen molar-refractivity contribution in [3.05, 3.63) is 71.0 Å². The molecular formula is C15H13ClN4O2S. The molecule has 23 heavy (non-hydrogen) atoms. The molecule has 0 unspecified atom stereocenters. The van der Waals surface area contributed by atoms with Gasteiger partial charge in [-0.1, -0.05) is 41.9 Å². The molecule has 0 aliphatic rings. The van der Waals surface area contributed by atoms with Crippen LogP contribution in [-0.4, -0.2) is 28.6 Å².